The zero-order chi connectivity index (χ0) is 25.2. The molecule has 0 spiro atoms. The third-order valence-corrected chi connectivity index (χ3v) is 7.75. The lowest BCUT2D eigenvalue weighted by Gasteiger charge is -2.07. The molecular formula is C26H19Cl2N3O3S. The fourth-order valence-electron chi connectivity index (χ4n) is 3.71. The van der Waals surface area contributed by atoms with Crippen LogP contribution in [0.25, 0.3) is 17.0 Å². The second kappa shape index (κ2) is 9.96. The Morgan fingerprint density at radius 3 is 2.43 bits per heavy atom. The Balaban J connectivity index is 1.74. The van der Waals surface area contributed by atoms with Crippen LogP contribution in [0.2, 0.25) is 10.0 Å². The van der Waals surface area contributed by atoms with Gasteiger partial charge in [0.25, 0.3) is 0 Å². The zero-order valence-electron chi connectivity index (χ0n) is 18.5. The number of fused-ring (bicyclic) bond motifs is 1. The van der Waals surface area contributed by atoms with Crippen LogP contribution in [0.1, 0.15) is 18.1 Å². The Morgan fingerprint density at radius 2 is 1.77 bits per heavy atom. The van der Waals surface area contributed by atoms with Crippen LogP contribution in [0.3, 0.4) is 0 Å². The van der Waals surface area contributed by atoms with Crippen molar-refractivity contribution in [1.29, 1.82) is 5.26 Å². The van der Waals surface area contributed by atoms with E-state index in [9.17, 15) is 18.5 Å². The highest BCUT2D eigenvalue weighted by Gasteiger charge is 2.22. The number of hydrogen-bond donors (Lipinski definition) is 1. The van der Waals surface area contributed by atoms with Gasteiger partial charge in [-0.05, 0) is 54.1 Å². The Kier molecular flexibility index (Phi) is 6.99. The summed E-state index contributed by atoms with van der Waals surface area (Å²) in [5.74, 6) is -0.268. The third-order valence-electron chi connectivity index (χ3n) is 5.33. The van der Waals surface area contributed by atoms with Crippen molar-refractivity contribution in [3.05, 3.63) is 99.0 Å². The van der Waals surface area contributed by atoms with E-state index in [1.165, 1.54) is 37.3 Å². The summed E-state index contributed by atoms with van der Waals surface area (Å²) >= 11 is 12.2. The number of amides is 1. The second-order valence-corrected chi connectivity index (χ2v) is 10.5. The number of nitrogens with one attached hydrogen (secondary N) is 1. The summed E-state index contributed by atoms with van der Waals surface area (Å²) in [6.45, 7) is 1.84. The molecule has 0 saturated carbocycles. The monoisotopic (exact) mass is 523 g/mol. The summed E-state index contributed by atoms with van der Waals surface area (Å²) in [6.07, 6.45) is 3.19. The predicted octanol–water partition coefficient (Wildman–Crippen LogP) is 6.29. The Bertz CT molecular complexity index is 1620. The van der Waals surface area contributed by atoms with Crippen LogP contribution in [0.4, 0.5) is 5.69 Å². The molecule has 0 aliphatic heterocycles. The molecule has 4 aromatic rings. The highest BCUT2D eigenvalue weighted by Crippen LogP contribution is 2.29. The van der Waals surface area contributed by atoms with Crippen molar-refractivity contribution in [1.82, 2.24) is 4.57 Å². The normalized spacial score (nSPS) is 11.9. The van der Waals surface area contributed by atoms with Crippen molar-refractivity contribution in [2.75, 3.05) is 5.32 Å². The Labute approximate surface area is 212 Å². The fourth-order valence-corrected chi connectivity index (χ4v) is 5.19. The molecule has 0 saturated heterocycles. The minimum Gasteiger partial charge on any atom is -0.342 e. The van der Waals surface area contributed by atoms with Gasteiger partial charge in [-0.1, -0.05) is 47.5 Å². The van der Waals surface area contributed by atoms with Crippen molar-refractivity contribution in [2.24, 2.45) is 0 Å². The van der Waals surface area contributed by atoms with Crippen molar-refractivity contribution >= 4 is 61.6 Å². The number of hydrogen-bond acceptors (Lipinski definition) is 4. The maximum atomic E-state index is 13.2. The highest BCUT2D eigenvalue weighted by atomic mass is 35.5. The van der Waals surface area contributed by atoms with Crippen LogP contribution in [0.5, 0.6) is 0 Å². The zero-order valence-corrected chi connectivity index (χ0v) is 20.8. The molecule has 1 heterocycles. The molecule has 1 N–H and O–H groups in total. The van der Waals surface area contributed by atoms with Gasteiger partial charge in [0.2, 0.25) is 15.7 Å². The molecule has 0 fully saturated rings. The van der Waals surface area contributed by atoms with Crippen molar-refractivity contribution < 1.29 is 13.2 Å². The first-order valence-corrected chi connectivity index (χ1v) is 12.7. The van der Waals surface area contributed by atoms with Crippen LogP contribution in [-0.4, -0.2) is 18.9 Å². The first-order valence-electron chi connectivity index (χ1n) is 10.5. The lowest BCUT2D eigenvalue weighted by molar-refractivity contribution is -0.114. The van der Waals surface area contributed by atoms with Crippen molar-refractivity contribution in [3.8, 4) is 6.07 Å². The molecule has 0 atom stereocenters. The number of sulfone groups is 1. The summed E-state index contributed by atoms with van der Waals surface area (Å²) in [6, 6.07) is 20.4. The SMILES string of the molecule is CC(=O)Nc1ccc(S(=O)(=O)/C(C#N)=C/c2cn(Cc3ccc(Cl)c(Cl)c3)c3ccccc23)cc1. The predicted molar refractivity (Wildman–Crippen MR) is 139 cm³/mol. The van der Waals surface area contributed by atoms with E-state index in [4.69, 9.17) is 23.2 Å². The molecule has 0 radical (unpaired) electrons. The van der Waals surface area contributed by atoms with Crippen LogP contribution in [0.15, 0.2) is 82.7 Å². The number of halogens is 2. The molecule has 9 heteroatoms. The lowest BCUT2D eigenvalue weighted by Crippen LogP contribution is -2.07. The van der Waals surface area contributed by atoms with E-state index in [1.807, 2.05) is 41.0 Å². The van der Waals surface area contributed by atoms with Crippen molar-refractivity contribution in [2.45, 2.75) is 18.4 Å². The number of para-hydroxylation sites is 1. The van der Waals surface area contributed by atoms with Gasteiger partial charge in [0, 0.05) is 41.8 Å². The van der Waals surface area contributed by atoms with E-state index >= 15 is 0 Å². The number of benzene rings is 3. The second-order valence-electron chi connectivity index (χ2n) is 7.81. The molecule has 0 unspecified atom stereocenters. The van der Waals surface area contributed by atoms with Gasteiger partial charge in [0.05, 0.1) is 14.9 Å². The van der Waals surface area contributed by atoms with Gasteiger partial charge in [-0.25, -0.2) is 8.42 Å². The highest BCUT2D eigenvalue weighted by molar-refractivity contribution is 7.95. The number of rotatable bonds is 6. The molecule has 0 bridgehead atoms. The topological polar surface area (TPSA) is 92.0 Å². The maximum Gasteiger partial charge on any atom is 0.221 e. The Hall–Kier alpha value is -3.57. The number of allylic oxidation sites excluding steroid dienone is 1. The van der Waals surface area contributed by atoms with Crippen molar-refractivity contribution in [3.63, 3.8) is 0 Å². The minimum absolute atomic E-state index is 0.0426. The summed E-state index contributed by atoms with van der Waals surface area (Å²) in [7, 11) is -4.08. The van der Waals surface area contributed by atoms with E-state index in [-0.39, 0.29) is 15.7 Å². The van der Waals surface area contributed by atoms with Crippen LogP contribution >= 0.6 is 23.2 Å². The molecule has 0 aliphatic carbocycles. The summed E-state index contributed by atoms with van der Waals surface area (Å²) in [5, 5.41) is 14.0. The largest absolute Gasteiger partial charge is 0.342 e. The minimum atomic E-state index is -4.08. The number of aromatic nitrogens is 1. The first kappa shape index (κ1) is 24.6. The van der Waals surface area contributed by atoms with Gasteiger partial charge < -0.3 is 9.88 Å². The van der Waals surface area contributed by atoms with E-state index in [0.717, 1.165) is 16.5 Å². The molecule has 1 aromatic heterocycles. The molecule has 0 aliphatic rings. The number of carbonyl (C=O) groups is 1. The molecule has 4 rings (SSSR count). The van der Waals surface area contributed by atoms with Crippen LogP contribution in [0, 0.1) is 11.3 Å². The van der Waals surface area contributed by atoms with Gasteiger partial charge in [0.1, 0.15) is 11.0 Å². The maximum absolute atomic E-state index is 13.2. The van der Waals surface area contributed by atoms with Crippen LogP contribution < -0.4 is 5.32 Å². The first-order chi connectivity index (χ1) is 16.7. The summed E-state index contributed by atoms with van der Waals surface area (Å²) in [4.78, 5) is 10.8. The van der Waals surface area contributed by atoms with Crippen LogP contribution in [-0.2, 0) is 21.2 Å². The van der Waals surface area contributed by atoms with Gasteiger partial charge >= 0.3 is 0 Å². The van der Waals surface area contributed by atoms with E-state index in [0.29, 0.717) is 27.8 Å². The van der Waals surface area contributed by atoms with Gasteiger partial charge in [-0.15, -0.1) is 0 Å². The van der Waals surface area contributed by atoms with E-state index in [1.54, 1.807) is 18.3 Å². The van der Waals surface area contributed by atoms with Gasteiger partial charge in [-0.3, -0.25) is 4.79 Å². The van der Waals surface area contributed by atoms with E-state index < -0.39 is 9.84 Å². The molecule has 6 nitrogen and oxygen atoms in total. The number of nitriles is 1. The fraction of sp³-hybridized carbons (Fsp3) is 0.0769. The van der Waals surface area contributed by atoms with Gasteiger partial charge in [-0.2, -0.15) is 5.26 Å². The Morgan fingerprint density at radius 1 is 1.06 bits per heavy atom. The third kappa shape index (κ3) is 5.25. The molecule has 1 amide bonds. The summed E-state index contributed by atoms with van der Waals surface area (Å²) in [5.41, 5.74) is 2.85. The lowest BCUT2D eigenvalue weighted by atomic mass is 10.1. The standard InChI is InChI=1S/C26H19Cl2N3O3S/c1-17(32)30-20-7-9-21(10-8-20)35(33,34)22(14-29)13-19-16-31(26-5-3-2-4-23(19)26)15-18-6-11-24(27)25(28)12-18/h2-13,16H,15H2,1H3,(H,30,32)/b22-13+. The number of carbonyl (C=O) groups excluding carboxylic acids is 1. The number of anilines is 1. The van der Waals surface area contributed by atoms with Gasteiger partial charge in [0.15, 0.2) is 0 Å². The molecule has 176 valence electrons. The number of nitrogens with zero attached hydrogens (tertiary/aromatic N) is 2. The average molecular weight is 524 g/mol. The molecular weight excluding hydrogens is 505 g/mol. The smallest absolute Gasteiger partial charge is 0.221 e. The average Bonchev–Trinajstić information content (AvgIpc) is 3.17. The summed E-state index contributed by atoms with van der Waals surface area (Å²) < 4.78 is 28.3. The molecule has 35 heavy (non-hydrogen) atoms. The quantitative estimate of drug-likeness (QED) is 0.300. The molecule has 3 aromatic carbocycles. The van der Waals surface area contributed by atoms with E-state index in [2.05, 4.69) is 5.32 Å².